The summed E-state index contributed by atoms with van der Waals surface area (Å²) in [5.74, 6) is -2.38. The van der Waals surface area contributed by atoms with Crippen LogP contribution in [0.5, 0.6) is 0 Å². The highest BCUT2D eigenvalue weighted by atomic mass is 35.5. The average Bonchev–Trinajstić information content (AvgIpc) is 2.82. The van der Waals surface area contributed by atoms with E-state index in [0.717, 1.165) is 0 Å². The number of halogens is 1. The van der Waals surface area contributed by atoms with Crippen molar-refractivity contribution in [3.05, 3.63) is 39.9 Å². The first-order valence-electron chi connectivity index (χ1n) is 7.99. The number of carboxylic acid groups (broad SMARTS) is 1. The number of amides is 1. The van der Waals surface area contributed by atoms with Gasteiger partial charge < -0.3 is 19.7 Å². The lowest BCUT2D eigenvalue weighted by molar-refractivity contribution is -0.163. The van der Waals surface area contributed by atoms with Crippen molar-refractivity contribution in [2.75, 3.05) is 5.08 Å². The van der Waals surface area contributed by atoms with E-state index >= 15 is 0 Å². The van der Waals surface area contributed by atoms with Gasteiger partial charge in [-0.05, 0) is 42.4 Å². The Kier molecular flexibility index (Phi) is 5.60. The molecule has 140 valence electrons. The Morgan fingerprint density at radius 2 is 2.04 bits per heavy atom. The van der Waals surface area contributed by atoms with Crippen molar-refractivity contribution in [1.29, 1.82) is 0 Å². The third kappa shape index (κ3) is 3.25. The molecule has 0 radical (unpaired) electrons. The van der Waals surface area contributed by atoms with E-state index in [1.165, 1.54) is 23.6 Å². The van der Waals surface area contributed by atoms with E-state index < -0.39 is 29.2 Å². The molecule has 1 aromatic rings. The third-order valence-corrected chi connectivity index (χ3v) is 7.96. The molecule has 1 aromatic carbocycles. The molecule has 0 aromatic heterocycles. The second kappa shape index (κ2) is 7.44. The maximum atomic E-state index is 12.5. The van der Waals surface area contributed by atoms with Crippen molar-refractivity contribution in [3.63, 3.8) is 0 Å². The van der Waals surface area contributed by atoms with Gasteiger partial charge in [0.05, 0.1) is 18.1 Å². The number of β-lactam (4-membered cyclic amide) rings is 1. The summed E-state index contributed by atoms with van der Waals surface area (Å²) in [6.45, 7) is 3.37. The molecule has 0 spiro atoms. The molecule has 2 aliphatic rings. The van der Waals surface area contributed by atoms with Gasteiger partial charge in [0.15, 0.2) is 9.98 Å². The van der Waals surface area contributed by atoms with Gasteiger partial charge in [0, 0.05) is 15.8 Å². The largest absolute Gasteiger partial charge is 0.611 e. The zero-order valence-corrected chi connectivity index (χ0v) is 16.5. The van der Waals surface area contributed by atoms with Gasteiger partial charge in [-0.1, -0.05) is 30.3 Å². The molecule has 0 aliphatic carbocycles. The molecule has 26 heavy (non-hydrogen) atoms. The number of carboxylic acids is 1. The van der Waals surface area contributed by atoms with Gasteiger partial charge in [0.25, 0.3) is 0 Å². The lowest BCUT2D eigenvalue weighted by Gasteiger charge is -2.46. The van der Waals surface area contributed by atoms with Crippen LogP contribution < -0.4 is 0 Å². The van der Waals surface area contributed by atoms with Crippen molar-refractivity contribution < 1.29 is 24.4 Å². The first-order valence-corrected chi connectivity index (χ1v) is 10.7. The van der Waals surface area contributed by atoms with E-state index in [-0.39, 0.29) is 28.6 Å². The fraction of sp³-hybridized carbons (Fsp3) is 0.412. The number of fused-ring (bicyclic) bond motifs is 1. The highest BCUT2D eigenvalue weighted by molar-refractivity contribution is 8.14. The summed E-state index contributed by atoms with van der Waals surface area (Å²) >= 11 is 5.68. The molecule has 6 nitrogen and oxygen atoms in total. The highest BCUT2D eigenvalue weighted by Gasteiger charge is 2.60. The van der Waals surface area contributed by atoms with Crippen molar-refractivity contribution >= 4 is 46.4 Å². The molecular weight excluding hydrogens is 398 g/mol. The third-order valence-electron chi connectivity index (χ3n) is 4.71. The van der Waals surface area contributed by atoms with E-state index in [9.17, 15) is 24.4 Å². The number of rotatable bonds is 6. The quantitative estimate of drug-likeness (QED) is 0.546. The fourth-order valence-electron chi connectivity index (χ4n) is 3.49. The van der Waals surface area contributed by atoms with Crippen LogP contribution >= 0.6 is 23.4 Å². The van der Waals surface area contributed by atoms with Crippen LogP contribution in [0.1, 0.15) is 13.8 Å². The molecule has 2 aliphatic heterocycles. The number of benzene rings is 1. The van der Waals surface area contributed by atoms with Gasteiger partial charge in [-0.2, -0.15) is 0 Å². The molecule has 9 heteroatoms. The Labute approximate surface area is 163 Å². The van der Waals surface area contributed by atoms with Crippen LogP contribution in [-0.2, 0) is 20.8 Å². The van der Waals surface area contributed by atoms with Gasteiger partial charge in [-0.25, -0.2) is 4.79 Å². The maximum absolute atomic E-state index is 12.5. The minimum Gasteiger partial charge on any atom is -0.611 e. The van der Waals surface area contributed by atoms with Crippen molar-refractivity contribution in [1.82, 2.24) is 4.90 Å². The van der Waals surface area contributed by atoms with E-state index in [2.05, 4.69) is 0 Å². The zero-order chi connectivity index (χ0) is 19.2. The smallest absolute Gasteiger partial charge is 0.353 e. The molecular formula is C17H18ClNO5S2. The van der Waals surface area contributed by atoms with Gasteiger partial charge in [-0.15, -0.1) is 0 Å². The number of nitrogens with zero attached hydrogens (tertiary/aromatic N) is 1. The molecule has 0 saturated carbocycles. The Bertz CT molecular complexity index is 767. The van der Waals surface area contributed by atoms with Gasteiger partial charge in [0.1, 0.15) is 5.70 Å². The second-order valence-corrected chi connectivity index (χ2v) is 9.60. The fourth-order valence-corrected chi connectivity index (χ4v) is 6.26. The molecule has 2 N–H and O–H groups in total. The Balaban J connectivity index is 1.79. The summed E-state index contributed by atoms with van der Waals surface area (Å²) in [7, 11) is 0. The molecule has 5 atom stereocenters. The van der Waals surface area contributed by atoms with Crippen LogP contribution in [0.2, 0.25) is 5.02 Å². The molecule has 1 fully saturated rings. The normalized spacial score (nSPS) is 27.2. The molecule has 1 amide bonds. The van der Waals surface area contributed by atoms with Crippen LogP contribution in [0, 0.1) is 11.8 Å². The maximum Gasteiger partial charge on any atom is 0.353 e. The van der Waals surface area contributed by atoms with E-state index in [4.69, 9.17) is 11.6 Å². The Morgan fingerprint density at radius 3 is 2.58 bits per heavy atom. The summed E-state index contributed by atoms with van der Waals surface area (Å²) in [6.07, 6.45) is -0.839. The summed E-state index contributed by atoms with van der Waals surface area (Å²) in [4.78, 5) is 26.4. The standard InChI is InChI=1S/C17H18ClNO5S2/c1-8-13-12(9(2)20)16(21)19(13)14(17(22)23)15(8)25-7-26(24)11-5-3-10(18)4-6-11/h3-6,8-9,12-13,20H,7H2,1-2H3,(H,22,23)/t8-,9-,12-,13-,26?/m1/s1. The lowest BCUT2D eigenvalue weighted by Crippen LogP contribution is -2.63. The van der Waals surface area contributed by atoms with Crippen LogP contribution in [0.15, 0.2) is 39.8 Å². The topological polar surface area (TPSA) is 101 Å². The van der Waals surface area contributed by atoms with Crippen LogP contribution in [0.25, 0.3) is 0 Å². The molecule has 1 unspecified atom stereocenters. The Morgan fingerprint density at radius 1 is 1.42 bits per heavy atom. The monoisotopic (exact) mass is 415 g/mol. The predicted molar refractivity (Wildman–Crippen MR) is 99.9 cm³/mol. The Hall–Kier alpha value is -1.19. The molecule has 1 saturated heterocycles. The summed E-state index contributed by atoms with van der Waals surface area (Å²) in [5.41, 5.74) is -0.0532. The van der Waals surface area contributed by atoms with Crippen molar-refractivity contribution in [2.24, 2.45) is 11.8 Å². The average molecular weight is 416 g/mol. The first kappa shape index (κ1) is 19.6. The minimum atomic E-state index is -1.33. The molecule has 3 rings (SSSR count). The first-order chi connectivity index (χ1) is 12.2. The number of aliphatic hydroxyl groups excluding tert-OH is 1. The van der Waals surface area contributed by atoms with Crippen LogP contribution in [0.3, 0.4) is 0 Å². The molecule has 0 bridgehead atoms. The number of carbonyl (C=O) groups excluding carboxylic acids is 1. The SMILES string of the molecule is C[C@@H](O)[C@H]1C(=O)N2C(C(=O)O)=C(SC[S+]([O-])c3ccc(Cl)cc3)[C@H](C)[C@H]12. The number of carbonyl (C=O) groups is 2. The van der Waals surface area contributed by atoms with Crippen molar-refractivity contribution in [3.8, 4) is 0 Å². The molecule has 2 heterocycles. The number of hydrogen-bond donors (Lipinski definition) is 2. The number of aliphatic carboxylic acids is 1. The summed E-state index contributed by atoms with van der Waals surface area (Å²) < 4.78 is 12.5. The van der Waals surface area contributed by atoms with Gasteiger partial charge in [0.2, 0.25) is 5.91 Å². The zero-order valence-electron chi connectivity index (χ0n) is 14.1. The van der Waals surface area contributed by atoms with Crippen LogP contribution in [-0.4, -0.2) is 48.8 Å². The lowest BCUT2D eigenvalue weighted by atomic mass is 9.79. The van der Waals surface area contributed by atoms with E-state index in [1.54, 1.807) is 24.3 Å². The summed E-state index contributed by atoms with van der Waals surface area (Å²) in [5, 5.41) is 20.1. The van der Waals surface area contributed by atoms with E-state index in [1.807, 2.05) is 6.92 Å². The summed E-state index contributed by atoms with van der Waals surface area (Å²) in [6, 6.07) is 6.28. The van der Waals surface area contributed by atoms with Gasteiger partial charge in [-0.3, -0.25) is 4.79 Å². The van der Waals surface area contributed by atoms with Crippen LogP contribution in [0.4, 0.5) is 0 Å². The highest BCUT2D eigenvalue weighted by Crippen LogP contribution is 2.50. The number of aliphatic hydroxyl groups is 1. The number of thioether (sulfide) groups is 1. The van der Waals surface area contributed by atoms with E-state index in [0.29, 0.717) is 14.8 Å². The second-order valence-electron chi connectivity index (χ2n) is 6.33. The van der Waals surface area contributed by atoms with Gasteiger partial charge >= 0.3 is 5.97 Å². The predicted octanol–water partition coefficient (Wildman–Crippen LogP) is 2.29. The minimum absolute atomic E-state index is 0.0532. The number of hydrogen-bond acceptors (Lipinski definition) is 5. The van der Waals surface area contributed by atoms with Crippen molar-refractivity contribution in [2.45, 2.75) is 30.9 Å².